The number of amides is 8. The van der Waals surface area contributed by atoms with Crippen LogP contribution < -0.4 is 37.5 Å². The number of nitrogens with one attached hydrogen (secondary N) is 6. The molecule has 8 rings (SSSR count). The predicted molar refractivity (Wildman–Crippen MR) is 273 cm³/mol. The van der Waals surface area contributed by atoms with Gasteiger partial charge in [-0.3, -0.25) is 48.1 Å². The van der Waals surface area contributed by atoms with Crippen LogP contribution in [0, 0.1) is 18.7 Å². The summed E-state index contributed by atoms with van der Waals surface area (Å²) in [6, 6.07) is -1.10. The summed E-state index contributed by atoms with van der Waals surface area (Å²) in [5, 5.41) is 67.1. The number of hydrogen-bond donors (Lipinski definition) is 11. The van der Waals surface area contributed by atoms with E-state index in [-0.39, 0.29) is 54.9 Å². The van der Waals surface area contributed by atoms with E-state index < -0.39 is 164 Å². The van der Waals surface area contributed by atoms with Gasteiger partial charge >= 0.3 is 11.9 Å². The monoisotopic (exact) mass is 1150 g/mol. The van der Waals surface area contributed by atoms with E-state index in [1.54, 1.807) is 13.8 Å². The topological polar surface area (TPSA) is 419 Å². The number of carboxylic acid groups (broad SMARTS) is 1. The molecule has 440 valence electrons. The molecule has 1 aliphatic carbocycles. The maximum atomic E-state index is 15.4. The predicted octanol–water partition coefficient (Wildman–Crippen LogP) is -4.20. The number of fused-ring (bicyclic) bond motifs is 5. The number of carbonyl (C=O) groups excluding carboxylic acids is 9. The number of cyclic esters (lactones) is 1. The Labute approximate surface area is 463 Å². The molecular weight excluding hydrogens is 1090 g/mol. The lowest BCUT2D eigenvalue weighted by Crippen LogP contribution is -2.61. The number of ether oxygens (including phenoxy) is 4. The van der Waals surface area contributed by atoms with Crippen molar-refractivity contribution in [3.63, 3.8) is 0 Å². The molecule has 0 radical (unpaired) electrons. The molecular formula is C52H60FN9O20. The summed E-state index contributed by atoms with van der Waals surface area (Å²) in [6.07, 6.45) is -8.21. The molecule has 11 N–H and O–H groups in total. The summed E-state index contributed by atoms with van der Waals surface area (Å²) in [7, 11) is 0. The van der Waals surface area contributed by atoms with Gasteiger partial charge in [-0.15, -0.1) is 0 Å². The number of esters is 1. The normalized spacial score (nSPS) is 23.0. The highest BCUT2D eigenvalue weighted by molar-refractivity contribution is 6.14. The Balaban J connectivity index is 0.882. The Morgan fingerprint density at radius 3 is 2.29 bits per heavy atom. The second-order valence-corrected chi connectivity index (χ2v) is 20.4. The molecule has 0 spiro atoms. The zero-order valence-electron chi connectivity index (χ0n) is 44.6. The van der Waals surface area contributed by atoms with Gasteiger partial charge in [0.05, 0.1) is 48.2 Å². The number of pyridine rings is 2. The van der Waals surface area contributed by atoms with Crippen LogP contribution in [0.3, 0.4) is 0 Å². The summed E-state index contributed by atoms with van der Waals surface area (Å²) in [5.41, 5.74) is 0.583. The highest BCUT2D eigenvalue weighted by Crippen LogP contribution is 2.46. The molecule has 3 aromatic rings. The lowest BCUT2D eigenvalue weighted by molar-refractivity contribution is -0.294. The van der Waals surface area contributed by atoms with Crippen LogP contribution in [0.4, 0.5) is 4.39 Å². The van der Waals surface area contributed by atoms with E-state index in [2.05, 4.69) is 31.9 Å². The quantitative estimate of drug-likeness (QED) is 0.0154. The van der Waals surface area contributed by atoms with Crippen LogP contribution in [0.15, 0.2) is 29.1 Å². The number of halogens is 1. The number of aliphatic hydroxyl groups is 4. The summed E-state index contributed by atoms with van der Waals surface area (Å²) >= 11 is 0. The number of aryl methyl sites for hydroxylation is 1. The SMILES string of the molecule is CC[C@]1(O)C(=O)OCc2c1cc1n(c2=O)Cc2c-1nc1cc(F)c(C)c3c1c2[C@H](NC(=O)COCNC(=O)CNC(=O)[C@H](CO[C@@H]1O[C@H](C(=O)O)[C@@H](O)[C@H](O)[C@H]1O)NC(=O)[C@@H](NC(=O)CCNC(=O)CN1C(=O)C=CC1=O)C(C)C)CC3. The highest BCUT2D eigenvalue weighted by Gasteiger charge is 2.49. The van der Waals surface area contributed by atoms with Crippen molar-refractivity contribution in [2.45, 2.75) is 121 Å². The second kappa shape index (κ2) is 24.5. The van der Waals surface area contributed by atoms with Crippen LogP contribution >= 0.6 is 0 Å². The van der Waals surface area contributed by atoms with Crippen LogP contribution in [-0.4, -0.2) is 182 Å². The van der Waals surface area contributed by atoms with Gasteiger partial charge < -0.3 is 80.9 Å². The lowest BCUT2D eigenvalue weighted by atomic mass is 9.81. The Bertz CT molecular complexity index is 3240. The van der Waals surface area contributed by atoms with Crippen molar-refractivity contribution in [2.24, 2.45) is 5.92 Å². The lowest BCUT2D eigenvalue weighted by Gasteiger charge is -2.38. The van der Waals surface area contributed by atoms with Crippen LogP contribution in [0.1, 0.15) is 79.5 Å². The number of carboxylic acids is 1. The van der Waals surface area contributed by atoms with Crippen molar-refractivity contribution in [2.75, 3.05) is 39.6 Å². The van der Waals surface area contributed by atoms with Crippen molar-refractivity contribution in [3.05, 3.63) is 73.8 Å². The maximum absolute atomic E-state index is 15.4. The number of imide groups is 1. The van der Waals surface area contributed by atoms with Crippen LogP contribution in [0.25, 0.3) is 22.3 Å². The van der Waals surface area contributed by atoms with Gasteiger partial charge in [0.15, 0.2) is 18.0 Å². The van der Waals surface area contributed by atoms with Gasteiger partial charge in [-0.05, 0) is 54.9 Å². The van der Waals surface area contributed by atoms with Gasteiger partial charge in [0.25, 0.3) is 17.4 Å². The number of benzene rings is 1. The smallest absolute Gasteiger partial charge is 0.343 e. The minimum Gasteiger partial charge on any atom is -0.479 e. The molecule has 1 aromatic carbocycles. The first-order chi connectivity index (χ1) is 38.8. The second-order valence-electron chi connectivity index (χ2n) is 20.4. The third kappa shape index (κ3) is 12.1. The molecule has 0 unspecified atom stereocenters. The number of hydrogen-bond acceptors (Lipinski definition) is 20. The highest BCUT2D eigenvalue weighted by atomic mass is 19.1. The molecule has 5 aliphatic rings. The average molecular weight is 1150 g/mol. The maximum Gasteiger partial charge on any atom is 0.343 e. The summed E-state index contributed by atoms with van der Waals surface area (Å²) < 4.78 is 38.1. The van der Waals surface area contributed by atoms with E-state index in [0.717, 1.165) is 12.2 Å². The molecule has 1 saturated heterocycles. The van der Waals surface area contributed by atoms with E-state index in [0.29, 0.717) is 51.1 Å². The first kappa shape index (κ1) is 60.0. The standard InChI is InChI=1S/C52H60FN9O20/c1-5-52(78)26-12-31-41-24(15-61(31)48(74)25(26)17-81-51(52)77)39-28(7-6-23-22(4)27(53)13-29(58-41)38(23)39)57-35(66)19-79-20-56-33(64)14-55-46(72)30(18-80-50-44(71)42(69)43(70)45(82-50)49(75)76)59-47(73)40(21(2)3)60-32(63)10-11-54-34(65)16-62-36(67)8-9-37(62)68/h8-9,12-13,21,28,30,40,42-45,50,69-71,78H,5-7,10-11,14-20H2,1-4H3,(H,54,65)(H,55,72)(H,56,64)(H,57,66)(H,59,73)(H,60,63)(H,75,76)/t28-,30+,40+,42+,43+,44-,45+,50-,52-/m1/s1. The minimum absolute atomic E-state index is 0.00755. The van der Waals surface area contributed by atoms with Crippen molar-refractivity contribution in [1.29, 1.82) is 0 Å². The number of rotatable bonds is 22. The largest absolute Gasteiger partial charge is 0.479 e. The van der Waals surface area contributed by atoms with Gasteiger partial charge in [0.2, 0.25) is 35.4 Å². The van der Waals surface area contributed by atoms with Crippen molar-refractivity contribution >= 4 is 70.1 Å². The van der Waals surface area contributed by atoms with Crippen molar-refractivity contribution in [1.82, 2.24) is 46.4 Å². The fourth-order valence-electron chi connectivity index (χ4n) is 10.3. The van der Waals surface area contributed by atoms with E-state index in [1.807, 2.05) is 0 Å². The molecule has 9 atom stereocenters. The third-order valence-electron chi connectivity index (χ3n) is 14.8. The molecule has 30 heteroatoms. The number of carbonyl (C=O) groups is 10. The molecule has 8 amide bonds. The van der Waals surface area contributed by atoms with Crippen LogP contribution in [0.5, 0.6) is 0 Å². The fraction of sp³-hybridized carbons (Fsp3) is 0.500. The van der Waals surface area contributed by atoms with Gasteiger partial charge in [-0.25, -0.2) is 19.0 Å². The van der Waals surface area contributed by atoms with Crippen molar-refractivity contribution < 1.29 is 96.8 Å². The van der Waals surface area contributed by atoms with E-state index in [9.17, 15) is 78.3 Å². The third-order valence-corrected chi connectivity index (χ3v) is 14.8. The molecule has 6 heterocycles. The zero-order valence-corrected chi connectivity index (χ0v) is 44.6. The molecule has 29 nitrogen and oxygen atoms in total. The summed E-state index contributed by atoms with van der Waals surface area (Å²) in [6.45, 7) is 2.12. The number of aliphatic carboxylic acids is 1. The van der Waals surface area contributed by atoms with Crippen LogP contribution in [0.2, 0.25) is 0 Å². The molecule has 0 saturated carbocycles. The number of aliphatic hydroxyl groups excluding tert-OH is 3. The molecule has 2 aromatic heterocycles. The van der Waals surface area contributed by atoms with Gasteiger partial charge in [-0.1, -0.05) is 20.8 Å². The van der Waals surface area contributed by atoms with E-state index in [1.165, 1.54) is 30.5 Å². The Hall–Kier alpha value is -8.13. The first-order valence-electron chi connectivity index (χ1n) is 26.0. The van der Waals surface area contributed by atoms with Gasteiger partial charge in [-0.2, -0.15) is 0 Å². The minimum atomic E-state index is -2.10. The Morgan fingerprint density at radius 1 is 0.890 bits per heavy atom. The number of aromatic nitrogens is 2. The first-order valence-corrected chi connectivity index (χ1v) is 26.0. The summed E-state index contributed by atoms with van der Waals surface area (Å²) in [4.78, 5) is 147. The molecule has 4 aliphatic heterocycles. The Morgan fingerprint density at radius 2 is 1.61 bits per heavy atom. The average Bonchev–Trinajstić information content (AvgIpc) is 2.13. The van der Waals surface area contributed by atoms with E-state index in [4.69, 9.17) is 23.9 Å². The number of nitrogens with zero attached hydrogens (tertiary/aromatic N) is 3. The zero-order chi connectivity index (χ0) is 59.6. The molecule has 82 heavy (non-hydrogen) atoms. The van der Waals surface area contributed by atoms with Gasteiger partial charge in [0, 0.05) is 47.7 Å². The molecule has 0 bridgehead atoms. The summed E-state index contributed by atoms with van der Waals surface area (Å²) in [5.74, 6) is -10.4. The van der Waals surface area contributed by atoms with Crippen LogP contribution in [-0.2, 0) is 92.1 Å². The fourth-order valence-corrected chi connectivity index (χ4v) is 10.3. The molecule has 1 fully saturated rings. The van der Waals surface area contributed by atoms with Crippen molar-refractivity contribution in [3.8, 4) is 11.4 Å². The van der Waals surface area contributed by atoms with Gasteiger partial charge in [0.1, 0.15) is 62.7 Å². The Kier molecular flexibility index (Phi) is 17.9. The van der Waals surface area contributed by atoms with E-state index >= 15 is 4.39 Å².